The topological polar surface area (TPSA) is 89.4 Å². The molecule has 0 unspecified atom stereocenters. The molecule has 8 nitrogen and oxygen atoms in total. The number of para-hydroxylation sites is 1. The molecule has 2 aliphatic heterocycles. The van der Waals surface area contributed by atoms with Gasteiger partial charge in [-0.15, -0.1) is 10.2 Å². The van der Waals surface area contributed by atoms with Gasteiger partial charge in [-0.1, -0.05) is 30.4 Å². The zero-order valence-electron chi connectivity index (χ0n) is 19.6. The third-order valence-corrected chi connectivity index (χ3v) is 6.94. The summed E-state index contributed by atoms with van der Waals surface area (Å²) < 4.78 is 7.60. The van der Waals surface area contributed by atoms with E-state index < -0.39 is 0 Å². The maximum atomic E-state index is 13.3. The van der Waals surface area contributed by atoms with Crippen molar-refractivity contribution in [2.24, 2.45) is 5.41 Å². The van der Waals surface area contributed by atoms with Crippen LogP contribution in [0.1, 0.15) is 46.4 Å². The summed E-state index contributed by atoms with van der Waals surface area (Å²) in [5.41, 5.74) is 1.98. The van der Waals surface area contributed by atoms with Crippen LogP contribution in [0.2, 0.25) is 0 Å². The summed E-state index contributed by atoms with van der Waals surface area (Å²) in [5, 5.41) is 10.8. The summed E-state index contributed by atoms with van der Waals surface area (Å²) in [6, 6.07) is 14.9. The van der Waals surface area contributed by atoms with E-state index >= 15 is 0 Å². The van der Waals surface area contributed by atoms with Crippen molar-refractivity contribution in [1.82, 2.24) is 25.0 Å². The Morgan fingerprint density at radius 2 is 1.80 bits per heavy atom. The Hall–Kier alpha value is -3.94. The van der Waals surface area contributed by atoms with Crippen LogP contribution < -0.4 is 10.1 Å². The van der Waals surface area contributed by atoms with Crippen LogP contribution in [0.4, 0.5) is 0 Å². The Morgan fingerprint density at radius 1 is 1.00 bits per heavy atom. The zero-order valence-corrected chi connectivity index (χ0v) is 19.6. The minimum Gasteiger partial charge on any atom is -0.492 e. The number of carbonyl (C=O) groups excluding carboxylic acids is 2. The molecule has 0 radical (unpaired) electrons. The second-order valence-corrected chi connectivity index (χ2v) is 9.20. The number of allylic oxidation sites excluding steroid dienone is 1. The maximum Gasteiger partial charge on any atom is 0.255 e. The number of nitrogens with zero attached hydrogens (tertiary/aromatic N) is 4. The van der Waals surface area contributed by atoms with Crippen LogP contribution in [0.15, 0.2) is 73.3 Å². The molecule has 180 valence electrons. The molecule has 1 fully saturated rings. The van der Waals surface area contributed by atoms with Crippen LogP contribution in [0.5, 0.6) is 5.75 Å². The van der Waals surface area contributed by atoms with Crippen LogP contribution in [-0.2, 0) is 0 Å². The summed E-state index contributed by atoms with van der Waals surface area (Å²) in [5.74, 6) is 0.518. The van der Waals surface area contributed by atoms with E-state index in [-0.39, 0.29) is 17.2 Å². The Kier molecular flexibility index (Phi) is 6.61. The fourth-order valence-electron chi connectivity index (χ4n) is 4.78. The van der Waals surface area contributed by atoms with Gasteiger partial charge in [-0.25, -0.2) is 0 Å². The van der Waals surface area contributed by atoms with Gasteiger partial charge >= 0.3 is 0 Å². The number of ether oxygens (including phenoxy) is 1. The predicted octanol–water partition coefficient (Wildman–Crippen LogP) is 3.65. The lowest BCUT2D eigenvalue weighted by molar-refractivity contribution is 0.0566. The smallest absolute Gasteiger partial charge is 0.255 e. The molecule has 1 N–H and O–H groups in total. The Balaban J connectivity index is 1.28. The average molecular weight is 472 g/mol. The first-order chi connectivity index (χ1) is 17.1. The van der Waals surface area contributed by atoms with Gasteiger partial charge in [-0.05, 0) is 61.4 Å². The lowest BCUT2D eigenvalue weighted by atomic mass is 9.75. The number of benzene rings is 2. The Labute approximate surface area is 204 Å². The van der Waals surface area contributed by atoms with E-state index in [1.807, 2.05) is 47.4 Å². The van der Waals surface area contributed by atoms with Crippen LogP contribution in [0.25, 0.3) is 5.69 Å². The molecule has 3 heterocycles. The molecule has 1 saturated heterocycles. The molecule has 2 amide bonds. The van der Waals surface area contributed by atoms with Gasteiger partial charge in [0.2, 0.25) is 0 Å². The minimum absolute atomic E-state index is 0.0218. The van der Waals surface area contributed by atoms with Crippen molar-refractivity contribution in [2.75, 3.05) is 26.2 Å². The quantitative estimate of drug-likeness (QED) is 0.577. The molecule has 35 heavy (non-hydrogen) atoms. The number of hydrogen-bond acceptors (Lipinski definition) is 5. The van der Waals surface area contributed by atoms with Crippen molar-refractivity contribution in [3.8, 4) is 11.4 Å². The molecule has 2 aliphatic rings. The minimum atomic E-state index is -0.117. The molecular weight excluding hydrogens is 442 g/mol. The van der Waals surface area contributed by atoms with Crippen LogP contribution in [-0.4, -0.2) is 57.7 Å². The fourth-order valence-corrected chi connectivity index (χ4v) is 4.78. The lowest BCUT2D eigenvalue weighted by Gasteiger charge is -2.41. The number of likely N-dealkylation sites (tertiary alicyclic amines) is 1. The van der Waals surface area contributed by atoms with Gasteiger partial charge in [0.05, 0.1) is 12.2 Å². The standard InChI is InChI=1S/C27H29N5O3/c33-25-23-9-2-3-10-24(23)35-16-5-1-4-11-27(18-28-25)12-14-31(15-13-27)26(34)21-7-6-8-22(17-21)32-19-29-30-20-32/h1-4,6-10,17,19-20H,5,11-16,18H2,(H,28,33)/b4-1+. The van der Waals surface area contributed by atoms with Gasteiger partial charge in [0.25, 0.3) is 11.8 Å². The SMILES string of the molecule is O=C1NCC2(C/C=C/CCOc3ccccc31)CCN(C(=O)c1cccc(-n3cnnc3)c1)CC2. The normalized spacial score (nSPS) is 19.0. The highest BCUT2D eigenvalue weighted by Crippen LogP contribution is 2.36. The Bertz CT molecular complexity index is 1210. The first kappa shape index (κ1) is 22.8. The van der Waals surface area contributed by atoms with E-state index in [0.29, 0.717) is 43.1 Å². The molecule has 0 atom stereocenters. The lowest BCUT2D eigenvalue weighted by Crippen LogP contribution is -2.47. The van der Waals surface area contributed by atoms with Crippen LogP contribution in [0, 0.1) is 5.41 Å². The molecule has 8 heteroatoms. The van der Waals surface area contributed by atoms with Crippen molar-refractivity contribution < 1.29 is 14.3 Å². The second-order valence-electron chi connectivity index (χ2n) is 9.20. The molecule has 1 aromatic heterocycles. The van der Waals surface area contributed by atoms with Gasteiger partial charge in [0.15, 0.2) is 0 Å². The van der Waals surface area contributed by atoms with E-state index in [1.54, 1.807) is 23.3 Å². The third kappa shape index (κ3) is 5.11. The predicted molar refractivity (Wildman–Crippen MR) is 132 cm³/mol. The van der Waals surface area contributed by atoms with Crippen molar-refractivity contribution in [3.63, 3.8) is 0 Å². The summed E-state index contributed by atoms with van der Waals surface area (Å²) in [6.07, 6.45) is 10.9. The van der Waals surface area contributed by atoms with Crippen molar-refractivity contribution >= 4 is 11.8 Å². The monoisotopic (exact) mass is 471 g/mol. The fraction of sp³-hybridized carbons (Fsp3) is 0.333. The molecule has 5 rings (SSSR count). The van der Waals surface area contributed by atoms with E-state index in [1.165, 1.54) is 0 Å². The van der Waals surface area contributed by atoms with Gasteiger partial charge in [-0.3, -0.25) is 14.2 Å². The highest BCUT2D eigenvalue weighted by atomic mass is 16.5. The Morgan fingerprint density at radius 3 is 2.63 bits per heavy atom. The highest BCUT2D eigenvalue weighted by Gasteiger charge is 2.36. The number of aromatic nitrogens is 3. The average Bonchev–Trinajstić information content (AvgIpc) is 3.44. The number of amides is 2. The van der Waals surface area contributed by atoms with Gasteiger partial charge < -0.3 is 15.0 Å². The largest absolute Gasteiger partial charge is 0.492 e. The molecule has 0 saturated carbocycles. The molecule has 0 aliphatic carbocycles. The molecule has 3 aromatic rings. The van der Waals surface area contributed by atoms with Gasteiger partial charge in [-0.2, -0.15) is 0 Å². The number of hydrogen-bond donors (Lipinski definition) is 1. The van der Waals surface area contributed by atoms with Crippen LogP contribution in [0.3, 0.4) is 0 Å². The van der Waals surface area contributed by atoms with E-state index in [4.69, 9.17) is 4.74 Å². The number of rotatable bonds is 2. The first-order valence-electron chi connectivity index (χ1n) is 12.0. The summed E-state index contributed by atoms with van der Waals surface area (Å²) in [6.45, 7) is 2.40. The number of piperidine rings is 1. The third-order valence-electron chi connectivity index (χ3n) is 6.94. The van der Waals surface area contributed by atoms with Crippen molar-refractivity contribution in [3.05, 3.63) is 84.5 Å². The summed E-state index contributed by atoms with van der Waals surface area (Å²) in [7, 11) is 0. The maximum absolute atomic E-state index is 13.3. The first-order valence-corrected chi connectivity index (χ1v) is 12.0. The van der Waals surface area contributed by atoms with Crippen molar-refractivity contribution in [1.29, 1.82) is 0 Å². The summed E-state index contributed by atoms with van der Waals surface area (Å²) >= 11 is 0. The molecular formula is C27H29N5O3. The van der Waals surface area contributed by atoms with Crippen molar-refractivity contribution in [2.45, 2.75) is 25.7 Å². The van der Waals surface area contributed by atoms with E-state index in [2.05, 4.69) is 27.7 Å². The highest BCUT2D eigenvalue weighted by molar-refractivity contribution is 5.97. The number of fused-ring (bicyclic) bond motifs is 1. The second kappa shape index (κ2) is 10.1. The van der Waals surface area contributed by atoms with Crippen LogP contribution >= 0.6 is 0 Å². The number of nitrogens with one attached hydrogen (secondary N) is 1. The molecule has 1 spiro atoms. The van der Waals surface area contributed by atoms with E-state index in [9.17, 15) is 9.59 Å². The van der Waals surface area contributed by atoms with Gasteiger partial charge in [0.1, 0.15) is 18.4 Å². The van der Waals surface area contributed by atoms with E-state index in [0.717, 1.165) is 31.4 Å². The number of carbonyl (C=O) groups is 2. The summed E-state index contributed by atoms with van der Waals surface area (Å²) in [4.78, 5) is 28.1. The zero-order chi connectivity index (χ0) is 24.1. The molecule has 0 bridgehead atoms. The molecule has 2 aromatic carbocycles. The van der Waals surface area contributed by atoms with Gasteiger partial charge in [0, 0.05) is 30.9 Å².